The van der Waals surface area contributed by atoms with Crippen LogP contribution in [0.2, 0.25) is 0 Å². The molecule has 1 aliphatic rings. The summed E-state index contributed by atoms with van der Waals surface area (Å²) in [5.74, 6) is 0.879. The summed E-state index contributed by atoms with van der Waals surface area (Å²) in [7, 11) is 3.90. The van der Waals surface area contributed by atoms with Crippen molar-refractivity contribution in [2.75, 3.05) is 40.3 Å². The van der Waals surface area contributed by atoms with Crippen molar-refractivity contribution in [1.29, 1.82) is 0 Å². The fourth-order valence-corrected chi connectivity index (χ4v) is 2.86. The standard InChI is InChI=1S/C14H29N3O/c1-5-17-10-8-13(12(2)11-17)16(4)14(18)7-6-9-15-3/h12-13,15H,5-11H2,1-4H3/t12-,13+/m1/s1. The van der Waals surface area contributed by atoms with Crippen molar-refractivity contribution in [1.82, 2.24) is 15.1 Å². The Morgan fingerprint density at radius 2 is 2.22 bits per heavy atom. The highest BCUT2D eigenvalue weighted by Crippen LogP contribution is 2.21. The van der Waals surface area contributed by atoms with Crippen LogP contribution >= 0.6 is 0 Å². The van der Waals surface area contributed by atoms with Crippen molar-refractivity contribution in [3.63, 3.8) is 0 Å². The van der Waals surface area contributed by atoms with Crippen molar-refractivity contribution < 1.29 is 4.79 Å². The van der Waals surface area contributed by atoms with Crippen molar-refractivity contribution >= 4 is 5.91 Å². The van der Waals surface area contributed by atoms with Crippen LogP contribution in [0.4, 0.5) is 0 Å². The van der Waals surface area contributed by atoms with Crippen LogP contribution in [0.5, 0.6) is 0 Å². The van der Waals surface area contributed by atoms with Gasteiger partial charge in [-0.25, -0.2) is 0 Å². The second-order valence-corrected chi connectivity index (χ2v) is 5.44. The van der Waals surface area contributed by atoms with Crippen LogP contribution in [0.25, 0.3) is 0 Å². The lowest BCUT2D eigenvalue weighted by molar-refractivity contribution is -0.134. The molecule has 0 bridgehead atoms. The molecule has 1 aliphatic heterocycles. The summed E-state index contributed by atoms with van der Waals surface area (Å²) in [5, 5.41) is 3.09. The van der Waals surface area contributed by atoms with Gasteiger partial charge in [-0.15, -0.1) is 0 Å². The Hall–Kier alpha value is -0.610. The fourth-order valence-electron chi connectivity index (χ4n) is 2.86. The van der Waals surface area contributed by atoms with Gasteiger partial charge in [0.25, 0.3) is 0 Å². The van der Waals surface area contributed by atoms with E-state index in [0.717, 1.165) is 39.0 Å². The van der Waals surface area contributed by atoms with E-state index in [-0.39, 0.29) is 0 Å². The lowest BCUT2D eigenvalue weighted by atomic mass is 9.92. The van der Waals surface area contributed by atoms with Crippen LogP contribution in [-0.2, 0) is 4.79 Å². The minimum absolute atomic E-state index is 0.298. The van der Waals surface area contributed by atoms with Gasteiger partial charge >= 0.3 is 0 Å². The quantitative estimate of drug-likeness (QED) is 0.724. The minimum atomic E-state index is 0.298. The lowest BCUT2D eigenvalue weighted by Crippen LogP contribution is -2.50. The number of amides is 1. The first-order valence-electron chi connectivity index (χ1n) is 7.22. The molecule has 1 amide bonds. The number of nitrogens with zero attached hydrogens (tertiary/aromatic N) is 2. The summed E-state index contributed by atoms with van der Waals surface area (Å²) < 4.78 is 0. The Morgan fingerprint density at radius 3 is 2.78 bits per heavy atom. The molecule has 1 saturated heterocycles. The molecule has 1 fully saturated rings. The van der Waals surface area contributed by atoms with Crippen LogP contribution in [0, 0.1) is 5.92 Å². The molecule has 106 valence electrons. The monoisotopic (exact) mass is 255 g/mol. The smallest absolute Gasteiger partial charge is 0.222 e. The zero-order valence-electron chi connectivity index (χ0n) is 12.4. The van der Waals surface area contributed by atoms with E-state index < -0.39 is 0 Å². The molecule has 2 atom stereocenters. The van der Waals surface area contributed by atoms with Gasteiger partial charge in [0, 0.05) is 32.6 Å². The van der Waals surface area contributed by atoms with Gasteiger partial charge in [0.1, 0.15) is 0 Å². The topological polar surface area (TPSA) is 35.6 Å². The molecule has 0 unspecified atom stereocenters. The summed E-state index contributed by atoms with van der Waals surface area (Å²) in [4.78, 5) is 16.6. The second kappa shape index (κ2) is 7.74. The van der Waals surface area contributed by atoms with Crippen molar-refractivity contribution in [2.24, 2.45) is 5.92 Å². The van der Waals surface area contributed by atoms with E-state index in [4.69, 9.17) is 0 Å². The summed E-state index contributed by atoms with van der Waals surface area (Å²) in [6, 6.07) is 0.426. The van der Waals surface area contributed by atoms with Gasteiger partial charge in [-0.1, -0.05) is 13.8 Å². The number of piperidine rings is 1. The first-order valence-corrected chi connectivity index (χ1v) is 7.22. The van der Waals surface area contributed by atoms with E-state index in [2.05, 4.69) is 24.1 Å². The number of carbonyl (C=O) groups is 1. The summed E-state index contributed by atoms with van der Waals surface area (Å²) in [6.07, 6.45) is 2.71. The molecule has 0 aliphatic carbocycles. The summed E-state index contributed by atoms with van der Waals surface area (Å²) in [6.45, 7) is 8.76. The molecule has 18 heavy (non-hydrogen) atoms. The predicted octanol–water partition coefficient (Wildman–Crippen LogP) is 1.17. The molecule has 0 radical (unpaired) electrons. The predicted molar refractivity (Wildman–Crippen MR) is 75.6 cm³/mol. The van der Waals surface area contributed by atoms with Gasteiger partial charge < -0.3 is 15.1 Å². The molecule has 0 spiro atoms. The first-order chi connectivity index (χ1) is 8.60. The van der Waals surface area contributed by atoms with Crippen LogP contribution in [0.1, 0.15) is 33.1 Å². The zero-order chi connectivity index (χ0) is 13.5. The number of hydrogen-bond donors (Lipinski definition) is 1. The molecular formula is C14H29N3O. The maximum absolute atomic E-state index is 12.1. The third-order valence-electron chi connectivity index (χ3n) is 4.10. The van der Waals surface area contributed by atoms with E-state index in [0.29, 0.717) is 24.3 Å². The fraction of sp³-hybridized carbons (Fsp3) is 0.929. The van der Waals surface area contributed by atoms with Gasteiger partial charge in [-0.2, -0.15) is 0 Å². The van der Waals surface area contributed by atoms with E-state index in [9.17, 15) is 4.79 Å². The van der Waals surface area contributed by atoms with Crippen molar-refractivity contribution in [3.05, 3.63) is 0 Å². The number of hydrogen-bond acceptors (Lipinski definition) is 3. The number of likely N-dealkylation sites (tertiary alicyclic amines) is 1. The van der Waals surface area contributed by atoms with Crippen LogP contribution in [0.15, 0.2) is 0 Å². The van der Waals surface area contributed by atoms with Gasteiger partial charge in [-0.05, 0) is 38.9 Å². The van der Waals surface area contributed by atoms with E-state index in [1.807, 2.05) is 19.0 Å². The Balaban J connectivity index is 2.41. The SMILES string of the molecule is CCN1CC[C@H](N(C)C(=O)CCCNC)[C@H](C)C1. The maximum Gasteiger partial charge on any atom is 0.222 e. The maximum atomic E-state index is 12.1. The Morgan fingerprint density at radius 1 is 1.50 bits per heavy atom. The van der Waals surface area contributed by atoms with Gasteiger partial charge in [0.15, 0.2) is 0 Å². The zero-order valence-corrected chi connectivity index (χ0v) is 12.4. The summed E-state index contributed by atoms with van der Waals surface area (Å²) in [5.41, 5.74) is 0. The van der Waals surface area contributed by atoms with Gasteiger partial charge in [0.2, 0.25) is 5.91 Å². The van der Waals surface area contributed by atoms with Gasteiger partial charge in [-0.3, -0.25) is 4.79 Å². The molecule has 0 aromatic heterocycles. The normalized spacial score (nSPS) is 25.1. The first kappa shape index (κ1) is 15.4. The highest BCUT2D eigenvalue weighted by Gasteiger charge is 2.30. The van der Waals surface area contributed by atoms with Crippen LogP contribution in [0.3, 0.4) is 0 Å². The third kappa shape index (κ3) is 4.25. The lowest BCUT2D eigenvalue weighted by Gasteiger charge is -2.41. The van der Waals surface area contributed by atoms with Gasteiger partial charge in [0.05, 0.1) is 0 Å². The van der Waals surface area contributed by atoms with Crippen LogP contribution in [-0.4, -0.2) is 62.0 Å². The number of rotatable bonds is 6. The molecule has 1 rings (SSSR count). The minimum Gasteiger partial charge on any atom is -0.342 e. The molecule has 4 nitrogen and oxygen atoms in total. The average Bonchev–Trinajstić information content (AvgIpc) is 2.38. The Bertz CT molecular complexity index is 257. The Kier molecular flexibility index (Phi) is 6.65. The number of nitrogens with one attached hydrogen (secondary N) is 1. The molecular weight excluding hydrogens is 226 g/mol. The Labute approximate surface area is 112 Å². The number of carbonyl (C=O) groups excluding carboxylic acids is 1. The molecule has 1 heterocycles. The third-order valence-corrected chi connectivity index (χ3v) is 4.10. The van der Waals surface area contributed by atoms with E-state index in [1.165, 1.54) is 0 Å². The molecule has 0 aromatic carbocycles. The second-order valence-electron chi connectivity index (χ2n) is 5.44. The van der Waals surface area contributed by atoms with E-state index in [1.54, 1.807) is 0 Å². The highest BCUT2D eigenvalue weighted by atomic mass is 16.2. The van der Waals surface area contributed by atoms with Crippen molar-refractivity contribution in [3.8, 4) is 0 Å². The summed E-state index contributed by atoms with van der Waals surface area (Å²) >= 11 is 0. The molecule has 0 saturated carbocycles. The average molecular weight is 255 g/mol. The largest absolute Gasteiger partial charge is 0.342 e. The molecule has 1 N–H and O–H groups in total. The van der Waals surface area contributed by atoms with Crippen LogP contribution < -0.4 is 5.32 Å². The van der Waals surface area contributed by atoms with Crippen molar-refractivity contribution in [2.45, 2.75) is 39.2 Å². The molecule has 0 aromatic rings. The molecule has 4 heteroatoms. The van der Waals surface area contributed by atoms with E-state index >= 15 is 0 Å². The highest BCUT2D eigenvalue weighted by molar-refractivity contribution is 5.76.